The normalized spacial score (nSPS) is 9.00. The van der Waals surface area contributed by atoms with E-state index >= 15 is 0 Å². The van der Waals surface area contributed by atoms with E-state index in [0.717, 1.165) is 36.8 Å². The zero-order valence-corrected chi connectivity index (χ0v) is 14.8. The Bertz CT molecular complexity index is 820. The molecule has 26 heavy (non-hydrogen) atoms. The van der Waals surface area contributed by atoms with Gasteiger partial charge in [0.2, 0.25) is 0 Å². The minimum Gasteiger partial charge on any atom is -0.192 e. The van der Waals surface area contributed by atoms with Gasteiger partial charge in [-0.15, -0.1) is 0 Å². The Kier molecular flexibility index (Phi) is 8.10. The van der Waals surface area contributed by atoms with E-state index in [4.69, 9.17) is 10.5 Å². The average molecular weight is 336 g/mol. The first-order valence-corrected chi connectivity index (χ1v) is 8.80. The molecule has 2 nitrogen and oxygen atoms in total. The third-order valence-corrected chi connectivity index (χ3v) is 3.85. The van der Waals surface area contributed by atoms with Gasteiger partial charge in [0.1, 0.15) is 0 Å². The number of nitrogens with zero attached hydrogens (tertiary/aromatic N) is 2. The summed E-state index contributed by atoms with van der Waals surface area (Å²) in [5, 5.41) is 17.5. The van der Waals surface area contributed by atoms with Crippen LogP contribution in [0.5, 0.6) is 0 Å². The maximum absolute atomic E-state index is 8.75. The molecule has 2 rings (SSSR count). The molecule has 0 atom stereocenters. The van der Waals surface area contributed by atoms with E-state index in [1.807, 2.05) is 24.3 Å². The lowest BCUT2D eigenvalue weighted by Gasteiger charge is -1.95. The highest BCUT2D eigenvalue weighted by molar-refractivity contribution is 5.40. The molecule has 0 spiro atoms. The predicted molar refractivity (Wildman–Crippen MR) is 104 cm³/mol. The van der Waals surface area contributed by atoms with Crippen molar-refractivity contribution < 1.29 is 0 Å². The summed E-state index contributed by atoms with van der Waals surface area (Å²) < 4.78 is 0. The van der Waals surface area contributed by atoms with Crippen molar-refractivity contribution in [2.45, 2.75) is 38.5 Å². The van der Waals surface area contributed by atoms with Crippen LogP contribution in [-0.4, -0.2) is 0 Å². The van der Waals surface area contributed by atoms with Crippen molar-refractivity contribution in [2.75, 3.05) is 0 Å². The van der Waals surface area contributed by atoms with Gasteiger partial charge in [0.25, 0.3) is 0 Å². The van der Waals surface area contributed by atoms with Crippen molar-refractivity contribution in [3.63, 3.8) is 0 Å². The summed E-state index contributed by atoms with van der Waals surface area (Å²) >= 11 is 0. The second kappa shape index (κ2) is 11.2. The van der Waals surface area contributed by atoms with Gasteiger partial charge in [-0.3, -0.25) is 0 Å². The van der Waals surface area contributed by atoms with Crippen molar-refractivity contribution in [3.8, 4) is 35.8 Å². The third kappa shape index (κ3) is 6.97. The van der Waals surface area contributed by atoms with Crippen molar-refractivity contribution in [2.24, 2.45) is 0 Å². The number of hydrogen-bond donors (Lipinski definition) is 0. The molecule has 126 valence electrons. The molecule has 0 aliphatic rings. The molecule has 0 aliphatic heterocycles. The molecule has 0 aliphatic carbocycles. The van der Waals surface area contributed by atoms with Crippen LogP contribution in [0.4, 0.5) is 0 Å². The monoisotopic (exact) mass is 336 g/mol. The summed E-state index contributed by atoms with van der Waals surface area (Å²) in [5.41, 5.74) is 3.25. The van der Waals surface area contributed by atoms with Crippen LogP contribution in [-0.2, 0) is 0 Å². The highest BCUT2D eigenvalue weighted by Crippen LogP contribution is 2.06. The first-order chi connectivity index (χ1) is 12.8. The molecule has 0 saturated carbocycles. The van der Waals surface area contributed by atoms with E-state index < -0.39 is 0 Å². The molecular formula is C24H20N2. The minimum absolute atomic E-state index is 0.665. The van der Waals surface area contributed by atoms with Gasteiger partial charge in [-0.25, -0.2) is 0 Å². The second-order valence-corrected chi connectivity index (χ2v) is 5.90. The number of unbranched alkanes of at least 4 members (excludes halogenated alkanes) is 5. The number of benzene rings is 2. The van der Waals surface area contributed by atoms with E-state index in [2.05, 4.69) is 35.8 Å². The Hall–Kier alpha value is -3.46. The largest absolute Gasteiger partial charge is 0.192 e. The summed E-state index contributed by atoms with van der Waals surface area (Å²) in [7, 11) is 0. The zero-order chi connectivity index (χ0) is 18.5. The van der Waals surface area contributed by atoms with Gasteiger partial charge in [-0.05, 0) is 61.4 Å². The summed E-state index contributed by atoms with van der Waals surface area (Å²) in [6.45, 7) is 0. The molecule has 0 aromatic heterocycles. The van der Waals surface area contributed by atoms with Gasteiger partial charge < -0.3 is 0 Å². The zero-order valence-electron chi connectivity index (χ0n) is 14.8. The third-order valence-electron chi connectivity index (χ3n) is 3.85. The van der Waals surface area contributed by atoms with Gasteiger partial charge in [0.05, 0.1) is 23.3 Å². The van der Waals surface area contributed by atoms with Crippen LogP contribution in [0.1, 0.15) is 60.8 Å². The quantitative estimate of drug-likeness (QED) is 0.558. The molecule has 0 saturated heterocycles. The van der Waals surface area contributed by atoms with Crippen LogP contribution in [0.25, 0.3) is 0 Å². The predicted octanol–water partition coefficient (Wildman–Crippen LogP) is 5.17. The van der Waals surface area contributed by atoms with Gasteiger partial charge >= 0.3 is 0 Å². The van der Waals surface area contributed by atoms with Crippen molar-refractivity contribution in [1.29, 1.82) is 10.5 Å². The van der Waals surface area contributed by atoms with Gasteiger partial charge in [-0.2, -0.15) is 10.5 Å². The van der Waals surface area contributed by atoms with Gasteiger partial charge in [-0.1, -0.05) is 36.5 Å². The van der Waals surface area contributed by atoms with E-state index in [1.165, 1.54) is 12.8 Å². The molecule has 0 amide bonds. The minimum atomic E-state index is 0.665. The van der Waals surface area contributed by atoms with Crippen LogP contribution in [0.2, 0.25) is 0 Å². The van der Waals surface area contributed by atoms with E-state index in [9.17, 15) is 0 Å². The molecule has 0 N–H and O–H groups in total. The Labute approximate surface area is 156 Å². The lowest BCUT2D eigenvalue weighted by atomic mass is 10.1. The number of rotatable bonds is 5. The van der Waals surface area contributed by atoms with E-state index in [-0.39, 0.29) is 0 Å². The van der Waals surface area contributed by atoms with Crippen LogP contribution < -0.4 is 0 Å². The number of nitriles is 2. The van der Waals surface area contributed by atoms with Gasteiger partial charge in [0.15, 0.2) is 0 Å². The Morgan fingerprint density at radius 1 is 0.500 bits per heavy atom. The van der Waals surface area contributed by atoms with Crippen LogP contribution in [0, 0.1) is 46.3 Å². The molecule has 0 radical (unpaired) electrons. The Morgan fingerprint density at radius 2 is 0.846 bits per heavy atom. The molecule has 2 heteroatoms. The fraction of sp³-hybridized carbons (Fsp3) is 0.250. The van der Waals surface area contributed by atoms with Crippen molar-refractivity contribution in [3.05, 3.63) is 70.8 Å². The summed E-state index contributed by atoms with van der Waals surface area (Å²) in [4.78, 5) is 0. The first-order valence-electron chi connectivity index (χ1n) is 8.80. The van der Waals surface area contributed by atoms with Crippen molar-refractivity contribution in [1.82, 2.24) is 0 Å². The summed E-state index contributed by atoms with van der Waals surface area (Å²) in [6, 6.07) is 18.9. The van der Waals surface area contributed by atoms with Gasteiger partial charge in [0, 0.05) is 24.0 Å². The molecule has 0 fully saturated rings. The molecular weight excluding hydrogens is 316 g/mol. The summed E-state index contributed by atoms with van der Waals surface area (Å²) in [6.07, 6.45) is 6.34. The molecule has 0 bridgehead atoms. The maximum Gasteiger partial charge on any atom is 0.0991 e. The first kappa shape index (κ1) is 18.9. The van der Waals surface area contributed by atoms with E-state index in [1.54, 1.807) is 24.3 Å². The van der Waals surface area contributed by atoms with Crippen LogP contribution >= 0.6 is 0 Å². The topological polar surface area (TPSA) is 47.6 Å². The fourth-order valence-corrected chi connectivity index (χ4v) is 2.37. The smallest absolute Gasteiger partial charge is 0.0991 e. The molecule has 2 aromatic rings. The molecule has 0 unspecified atom stereocenters. The Morgan fingerprint density at radius 3 is 1.19 bits per heavy atom. The number of hydrogen-bond acceptors (Lipinski definition) is 2. The van der Waals surface area contributed by atoms with Crippen LogP contribution in [0.3, 0.4) is 0 Å². The fourth-order valence-electron chi connectivity index (χ4n) is 2.37. The molecule has 0 heterocycles. The summed E-state index contributed by atoms with van der Waals surface area (Å²) in [5.74, 6) is 12.6. The Balaban J connectivity index is 1.57. The SMILES string of the molecule is N#Cc1ccc(C#CCCCCCCC#Cc2ccc(C#N)cc2)cc1. The highest BCUT2D eigenvalue weighted by Gasteiger charge is 1.91. The maximum atomic E-state index is 8.75. The standard InChI is InChI=1S/C24H20N2/c25-19-23-15-11-21(12-16-23)9-7-5-3-1-2-4-6-8-10-22-13-17-24(20-26)18-14-22/h11-18H,1-6H2. The highest BCUT2D eigenvalue weighted by atomic mass is 14.2. The lowest BCUT2D eigenvalue weighted by molar-refractivity contribution is 0.661. The average Bonchev–Trinajstić information content (AvgIpc) is 2.70. The lowest BCUT2D eigenvalue weighted by Crippen LogP contribution is -1.79. The van der Waals surface area contributed by atoms with E-state index in [0.29, 0.717) is 11.1 Å². The molecule has 2 aromatic carbocycles. The van der Waals surface area contributed by atoms with Crippen molar-refractivity contribution >= 4 is 0 Å². The second-order valence-electron chi connectivity index (χ2n) is 5.90. The van der Waals surface area contributed by atoms with Crippen LogP contribution in [0.15, 0.2) is 48.5 Å².